The lowest BCUT2D eigenvalue weighted by atomic mass is 9.83. The molecule has 0 aliphatic heterocycles. The molecule has 3 rings (SSSR count). The normalized spacial score (nSPS) is 20.2. The molecule has 2 aromatic rings. The molecular weight excluding hydrogens is 383 g/mol. The van der Waals surface area contributed by atoms with Gasteiger partial charge in [0, 0.05) is 31.7 Å². The maximum atomic E-state index is 13.7. The molecule has 0 bridgehead atoms. The predicted molar refractivity (Wildman–Crippen MR) is 90.8 cm³/mol. The summed E-state index contributed by atoms with van der Waals surface area (Å²) in [7, 11) is -4.07. The molecule has 0 saturated carbocycles. The minimum atomic E-state index is -4.82. The Morgan fingerprint density at radius 3 is 2.37 bits per heavy atom. The van der Waals surface area contributed by atoms with Crippen LogP contribution in [0.25, 0.3) is 0 Å². The van der Waals surface area contributed by atoms with Crippen LogP contribution in [0, 0.1) is 6.92 Å². The number of benzene rings is 1. The van der Waals surface area contributed by atoms with Crippen molar-refractivity contribution in [3.05, 3.63) is 53.3 Å². The third-order valence-corrected chi connectivity index (χ3v) is 6.46. The summed E-state index contributed by atoms with van der Waals surface area (Å²) in [6, 6.07) is 7.53. The summed E-state index contributed by atoms with van der Waals surface area (Å²) in [5, 5.41) is 0. The predicted octanol–water partition coefficient (Wildman–Crippen LogP) is 3.39. The summed E-state index contributed by atoms with van der Waals surface area (Å²) in [4.78, 5) is 11.3. The fraction of sp³-hybridized carbons (Fsp3) is 0.389. The first-order chi connectivity index (χ1) is 12.5. The van der Waals surface area contributed by atoms with E-state index in [4.69, 9.17) is 0 Å². The van der Waals surface area contributed by atoms with Crippen molar-refractivity contribution >= 4 is 16.0 Å². The van der Waals surface area contributed by atoms with Crippen molar-refractivity contribution in [2.24, 2.45) is 0 Å². The van der Waals surface area contributed by atoms with E-state index in [2.05, 4.69) is 4.74 Å². The highest BCUT2D eigenvalue weighted by Crippen LogP contribution is 2.44. The Balaban J connectivity index is 2.09. The van der Waals surface area contributed by atoms with Crippen LogP contribution in [0.2, 0.25) is 0 Å². The Hall–Kier alpha value is -2.29. The van der Waals surface area contributed by atoms with E-state index in [1.807, 2.05) is 0 Å². The average Bonchev–Trinajstić information content (AvgIpc) is 2.97. The zero-order valence-corrected chi connectivity index (χ0v) is 15.5. The van der Waals surface area contributed by atoms with Gasteiger partial charge in [-0.1, -0.05) is 17.7 Å². The molecule has 0 saturated heterocycles. The van der Waals surface area contributed by atoms with Gasteiger partial charge in [0.2, 0.25) is 5.60 Å². The van der Waals surface area contributed by atoms with Gasteiger partial charge in [0.15, 0.2) is 0 Å². The molecule has 1 aliphatic rings. The van der Waals surface area contributed by atoms with Crippen molar-refractivity contribution in [2.45, 2.75) is 49.8 Å². The zero-order valence-electron chi connectivity index (χ0n) is 14.7. The van der Waals surface area contributed by atoms with Gasteiger partial charge in [-0.3, -0.25) is 4.79 Å². The molecule has 0 spiro atoms. The number of esters is 1. The van der Waals surface area contributed by atoms with Gasteiger partial charge >= 0.3 is 12.1 Å². The van der Waals surface area contributed by atoms with Crippen molar-refractivity contribution < 1.29 is 31.1 Å². The minimum Gasteiger partial charge on any atom is -0.449 e. The number of aryl methyl sites for hydroxylation is 2. The fourth-order valence-corrected chi connectivity index (χ4v) is 4.71. The van der Waals surface area contributed by atoms with Gasteiger partial charge in [-0.2, -0.15) is 13.2 Å². The highest BCUT2D eigenvalue weighted by Gasteiger charge is 2.59. The van der Waals surface area contributed by atoms with Crippen LogP contribution in [0.1, 0.15) is 30.2 Å². The number of carbonyl (C=O) groups is 1. The van der Waals surface area contributed by atoms with Crippen LogP contribution in [-0.4, -0.2) is 30.1 Å². The van der Waals surface area contributed by atoms with E-state index in [0.29, 0.717) is 5.56 Å². The second kappa shape index (κ2) is 6.40. The molecule has 0 fully saturated rings. The summed E-state index contributed by atoms with van der Waals surface area (Å²) in [5.74, 6) is -1.06. The first-order valence-corrected chi connectivity index (χ1v) is 9.68. The third kappa shape index (κ3) is 3.36. The number of carbonyl (C=O) groups excluding carboxylic acids is 1. The average molecular weight is 401 g/mol. The molecule has 1 heterocycles. The molecule has 5 nitrogen and oxygen atoms in total. The number of rotatable bonds is 3. The molecule has 0 N–H and O–H groups in total. The maximum absolute atomic E-state index is 13.7. The highest BCUT2D eigenvalue weighted by molar-refractivity contribution is 7.90. The topological polar surface area (TPSA) is 65.4 Å². The number of fused-ring (bicyclic) bond motifs is 1. The van der Waals surface area contributed by atoms with Gasteiger partial charge < -0.3 is 4.74 Å². The Kier molecular flexibility index (Phi) is 4.62. The molecule has 9 heteroatoms. The van der Waals surface area contributed by atoms with Crippen molar-refractivity contribution in [3.8, 4) is 0 Å². The van der Waals surface area contributed by atoms with Gasteiger partial charge in [-0.15, -0.1) is 0 Å². The number of alkyl halides is 3. The number of aromatic nitrogens is 1. The van der Waals surface area contributed by atoms with Crippen LogP contribution in [0.3, 0.4) is 0 Å². The summed E-state index contributed by atoms with van der Waals surface area (Å²) in [6.45, 7) is 2.70. The van der Waals surface area contributed by atoms with Crippen LogP contribution in [-0.2, 0) is 32.4 Å². The second-order valence-electron chi connectivity index (χ2n) is 6.66. The first-order valence-electron chi connectivity index (χ1n) is 8.24. The molecule has 1 aromatic carbocycles. The van der Waals surface area contributed by atoms with Gasteiger partial charge in [-0.25, -0.2) is 12.4 Å². The lowest BCUT2D eigenvalue weighted by molar-refractivity contribution is -0.273. The number of nitrogens with zero attached hydrogens (tertiary/aromatic N) is 1. The van der Waals surface area contributed by atoms with Gasteiger partial charge in [0.05, 0.1) is 4.90 Å². The van der Waals surface area contributed by atoms with Crippen molar-refractivity contribution in [3.63, 3.8) is 0 Å². The van der Waals surface area contributed by atoms with E-state index < -0.39 is 40.6 Å². The van der Waals surface area contributed by atoms with Gasteiger partial charge in [0.1, 0.15) is 0 Å². The van der Waals surface area contributed by atoms with Crippen molar-refractivity contribution in [1.82, 2.24) is 3.97 Å². The Labute approximate surface area is 154 Å². The highest BCUT2D eigenvalue weighted by atomic mass is 32.2. The van der Waals surface area contributed by atoms with E-state index >= 15 is 0 Å². The number of hydrogen-bond acceptors (Lipinski definition) is 4. The molecule has 146 valence electrons. The van der Waals surface area contributed by atoms with E-state index in [1.165, 1.54) is 24.4 Å². The van der Waals surface area contributed by atoms with Crippen LogP contribution < -0.4 is 0 Å². The molecule has 1 aliphatic carbocycles. The molecule has 0 radical (unpaired) electrons. The molecule has 27 heavy (non-hydrogen) atoms. The monoisotopic (exact) mass is 401 g/mol. The second-order valence-corrected chi connectivity index (χ2v) is 8.48. The summed E-state index contributed by atoms with van der Waals surface area (Å²) < 4.78 is 72.6. The van der Waals surface area contributed by atoms with Crippen molar-refractivity contribution in [2.75, 3.05) is 0 Å². The first kappa shape index (κ1) is 19.5. The number of ether oxygens (including phenoxy) is 1. The lowest BCUT2D eigenvalue weighted by Crippen LogP contribution is -2.53. The van der Waals surface area contributed by atoms with Crippen LogP contribution in [0.4, 0.5) is 13.2 Å². The Morgan fingerprint density at radius 2 is 1.81 bits per heavy atom. The van der Waals surface area contributed by atoms with Crippen LogP contribution in [0.15, 0.2) is 41.4 Å². The molecule has 1 unspecified atom stereocenters. The Bertz CT molecular complexity index is 977. The minimum absolute atomic E-state index is 0.0135. The molecule has 1 atom stereocenters. The summed E-state index contributed by atoms with van der Waals surface area (Å²) in [6.07, 6.45) is -4.81. The van der Waals surface area contributed by atoms with E-state index in [1.54, 1.807) is 19.1 Å². The van der Waals surface area contributed by atoms with E-state index in [0.717, 1.165) is 16.5 Å². The van der Waals surface area contributed by atoms with Crippen molar-refractivity contribution in [1.29, 1.82) is 0 Å². The SMILES string of the molecule is CC(=O)OC1(C(F)(F)F)CCc2ccn(S(=O)(=O)c3ccc(C)cc3)c2C1. The lowest BCUT2D eigenvalue weighted by Gasteiger charge is -2.38. The summed E-state index contributed by atoms with van der Waals surface area (Å²) in [5.41, 5.74) is -1.39. The number of hydrogen-bond donors (Lipinski definition) is 0. The van der Waals surface area contributed by atoms with E-state index in [9.17, 15) is 26.4 Å². The van der Waals surface area contributed by atoms with Gasteiger partial charge in [-0.05, 0) is 37.1 Å². The molecular formula is C18H18F3NO4S. The fourth-order valence-electron chi connectivity index (χ4n) is 3.31. The van der Waals surface area contributed by atoms with E-state index in [-0.39, 0.29) is 17.0 Å². The largest absolute Gasteiger partial charge is 0.449 e. The van der Waals surface area contributed by atoms with Crippen LogP contribution in [0.5, 0.6) is 0 Å². The molecule has 0 amide bonds. The maximum Gasteiger partial charge on any atom is 0.428 e. The third-order valence-electron chi connectivity index (χ3n) is 4.73. The Morgan fingerprint density at radius 1 is 1.19 bits per heavy atom. The standard InChI is InChI=1S/C18H18F3NO4S/c1-12-3-5-15(6-4-12)27(24,25)22-10-8-14-7-9-17(11-16(14)22,18(19,20)21)26-13(2)23/h3-6,8,10H,7,9,11H2,1-2H3. The quantitative estimate of drug-likeness (QED) is 0.740. The summed E-state index contributed by atoms with van der Waals surface area (Å²) >= 11 is 0. The number of halogens is 3. The molecule has 1 aromatic heterocycles. The smallest absolute Gasteiger partial charge is 0.428 e. The van der Waals surface area contributed by atoms with Crippen LogP contribution >= 0.6 is 0 Å². The van der Waals surface area contributed by atoms with Gasteiger partial charge in [0.25, 0.3) is 10.0 Å². The zero-order chi connectivity index (χ0) is 20.0.